The van der Waals surface area contributed by atoms with Crippen molar-refractivity contribution >= 4 is 17.6 Å². The van der Waals surface area contributed by atoms with E-state index in [1.54, 1.807) is 0 Å². The summed E-state index contributed by atoms with van der Waals surface area (Å²) in [6.45, 7) is 2.95. The highest BCUT2D eigenvalue weighted by Gasteiger charge is 2.06. The lowest BCUT2D eigenvalue weighted by atomic mass is 10.3. The van der Waals surface area contributed by atoms with Gasteiger partial charge in [0.25, 0.3) is 0 Å². The number of aromatic nitrogens is 1. The zero-order chi connectivity index (χ0) is 9.84. The molecule has 0 aromatic carbocycles. The van der Waals surface area contributed by atoms with E-state index in [1.165, 1.54) is 16.2 Å². The fraction of sp³-hybridized carbons (Fsp3) is 0.556. The van der Waals surface area contributed by atoms with Gasteiger partial charge in [0.2, 0.25) is 0 Å². The van der Waals surface area contributed by atoms with Crippen molar-refractivity contribution in [1.82, 2.24) is 9.88 Å². The molecule has 0 radical (unpaired) electrons. The van der Waals surface area contributed by atoms with E-state index in [0.717, 1.165) is 24.9 Å². The predicted octanol–water partition coefficient (Wildman–Crippen LogP) is 1.37. The van der Waals surface area contributed by atoms with Gasteiger partial charge in [-0.15, -0.1) is 11.3 Å². The third-order valence-electron chi connectivity index (χ3n) is 1.80. The second-order valence-corrected chi connectivity index (χ2v) is 4.35. The minimum atomic E-state index is 0.589. The van der Waals surface area contributed by atoms with Crippen molar-refractivity contribution in [3.8, 4) is 0 Å². The van der Waals surface area contributed by atoms with Gasteiger partial charge in [-0.3, -0.25) is 4.79 Å². The Morgan fingerprint density at radius 3 is 2.69 bits per heavy atom. The van der Waals surface area contributed by atoms with Gasteiger partial charge in [0.15, 0.2) is 11.3 Å². The van der Waals surface area contributed by atoms with E-state index in [1.807, 2.05) is 21.0 Å². The first-order valence-corrected chi connectivity index (χ1v) is 5.01. The van der Waals surface area contributed by atoms with E-state index in [2.05, 4.69) is 9.88 Å². The van der Waals surface area contributed by atoms with Crippen LogP contribution in [-0.4, -0.2) is 36.8 Å². The fourth-order valence-electron chi connectivity index (χ4n) is 1.06. The van der Waals surface area contributed by atoms with Gasteiger partial charge in [-0.1, -0.05) is 0 Å². The van der Waals surface area contributed by atoms with Gasteiger partial charge in [0.05, 0.1) is 5.69 Å². The number of rotatable bonds is 4. The zero-order valence-corrected chi connectivity index (χ0v) is 9.02. The van der Waals surface area contributed by atoms with Crippen LogP contribution in [0.2, 0.25) is 0 Å². The van der Waals surface area contributed by atoms with Crippen LogP contribution in [0.1, 0.15) is 20.4 Å². The summed E-state index contributed by atoms with van der Waals surface area (Å²) in [4.78, 5) is 17.9. The summed E-state index contributed by atoms with van der Waals surface area (Å²) in [5, 5.41) is 0.589. The Labute approximate surface area is 82.4 Å². The van der Waals surface area contributed by atoms with Crippen LogP contribution in [0.3, 0.4) is 0 Å². The van der Waals surface area contributed by atoms with E-state index in [-0.39, 0.29) is 0 Å². The molecule has 0 fully saturated rings. The molecule has 4 heteroatoms. The smallest absolute Gasteiger partial charge is 0.178 e. The normalized spacial score (nSPS) is 10.8. The molecular weight excluding hydrogens is 184 g/mol. The first-order chi connectivity index (χ1) is 6.13. The SMILES string of the molecule is Cc1nc(C=O)sc1CCN(C)C. The van der Waals surface area contributed by atoms with E-state index >= 15 is 0 Å². The van der Waals surface area contributed by atoms with Gasteiger partial charge < -0.3 is 4.90 Å². The summed E-state index contributed by atoms with van der Waals surface area (Å²) >= 11 is 1.50. The van der Waals surface area contributed by atoms with Crippen LogP contribution < -0.4 is 0 Å². The third kappa shape index (κ3) is 2.90. The second kappa shape index (κ2) is 4.48. The van der Waals surface area contributed by atoms with Crippen LogP contribution in [0.4, 0.5) is 0 Å². The number of aldehydes is 1. The van der Waals surface area contributed by atoms with Crippen molar-refractivity contribution in [2.24, 2.45) is 0 Å². The molecule has 13 heavy (non-hydrogen) atoms. The van der Waals surface area contributed by atoms with Crippen molar-refractivity contribution in [3.63, 3.8) is 0 Å². The molecule has 0 unspecified atom stereocenters. The molecule has 0 aliphatic rings. The maximum Gasteiger partial charge on any atom is 0.178 e. The van der Waals surface area contributed by atoms with Crippen LogP contribution in [0.25, 0.3) is 0 Å². The summed E-state index contributed by atoms with van der Waals surface area (Å²) in [5.41, 5.74) is 0.994. The standard InChI is InChI=1S/C9H14N2OS/c1-7-8(4-5-11(2)3)13-9(6-12)10-7/h6H,4-5H2,1-3H3. The summed E-state index contributed by atoms with van der Waals surface area (Å²) in [6.07, 6.45) is 1.79. The topological polar surface area (TPSA) is 33.2 Å². The van der Waals surface area contributed by atoms with E-state index in [4.69, 9.17) is 0 Å². The Kier molecular flexibility index (Phi) is 3.57. The Bertz CT molecular complexity index is 294. The van der Waals surface area contributed by atoms with Crippen molar-refractivity contribution in [2.45, 2.75) is 13.3 Å². The summed E-state index contributed by atoms with van der Waals surface area (Å²) in [6, 6.07) is 0. The Balaban J connectivity index is 2.65. The molecule has 0 N–H and O–H groups in total. The van der Waals surface area contributed by atoms with Gasteiger partial charge in [-0.25, -0.2) is 4.98 Å². The van der Waals surface area contributed by atoms with Gasteiger partial charge in [0, 0.05) is 11.4 Å². The van der Waals surface area contributed by atoms with Crippen LogP contribution in [0.15, 0.2) is 0 Å². The highest BCUT2D eigenvalue weighted by molar-refractivity contribution is 7.13. The van der Waals surface area contributed by atoms with E-state index in [0.29, 0.717) is 5.01 Å². The highest BCUT2D eigenvalue weighted by atomic mass is 32.1. The molecular formula is C9H14N2OS. The molecule has 1 aromatic heterocycles. The van der Waals surface area contributed by atoms with Gasteiger partial charge in [-0.2, -0.15) is 0 Å². The molecule has 0 amide bonds. The number of hydrogen-bond donors (Lipinski definition) is 0. The molecule has 0 bridgehead atoms. The predicted molar refractivity (Wildman–Crippen MR) is 54.5 cm³/mol. The zero-order valence-electron chi connectivity index (χ0n) is 8.20. The lowest BCUT2D eigenvalue weighted by Gasteiger charge is -2.07. The van der Waals surface area contributed by atoms with Crippen molar-refractivity contribution in [3.05, 3.63) is 15.6 Å². The van der Waals surface area contributed by atoms with Gasteiger partial charge >= 0.3 is 0 Å². The second-order valence-electron chi connectivity index (χ2n) is 3.23. The van der Waals surface area contributed by atoms with Crippen LogP contribution in [0.5, 0.6) is 0 Å². The van der Waals surface area contributed by atoms with Crippen LogP contribution in [0, 0.1) is 6.92 Å². The molecule has 0 aliphatic heterocycles. The van der Waals surface area contributed by atoms with Gasteiger partial charge in [0.1, 0.15) is 0 Å². The molecule has 0 atom stereocenters. The lowest BCUT2D eigenvalue weighted by Crippen LogP contribution is -2.14. The molecule has 0 aliphatic carbocycles. The quantitative estimate of drug-likeness (QED) is 0.685. The minimum absolute atomic E-state index is 0.589. The number of carbonyl (C=O) groups is 1. The van der Waals surface area contributed by atoms with Crippen molar-refractivity contribution < 1.29 is 4.79 Å². The average Bonchev–Trinajstić information content (AvgIpc) is 2.43. The first-order valence-electron chi connectivity index (χ1n) is 4.19. The maximum atomic E-state index is 10.4. The number of thiazole rings is 1. The molecule has 72 valence electrons. The molecule has 0 saturated carbocycles. The minimum Gasteiger partial charge on any atom is -0.309 e. The van der Waals surface area contributed by atoms with Crippen LogP contribution >= 0.6 is 11.3 Å². The Hall–Kier alpha value is -0.740. The number of carbonyl (C=O) groups excluding carboxylic acids is 1. The van der Waals surface area contributed by atoms with E-state index in [9.17, 15) is 4.79 Å². The lowest BCUT2D eigenvalue weighted by molar-refractivity contribution is 0.112. The summed E-state index contributed by atoms with van der Waals surface area (Å²) < 4.78 is 0. The largest absolute Gasteiger partial charge is 0.309 e. The highest BCUT2D eigenvalue weighted by Crippen LogP contribution is 2.17. The third-order valence-corrected chi connectivity index (χ3v) is 2.94. The monoisotopic (exact) mass is 198 g/mol. The molecule has 1 heterocycles. The number of hydrogen-bond acceptors (Lipinski definition) is 4. The molecule has 0 spiro atoms. The Morgan fingerprint density at radius 1 is 1.54 bits per heavy atom. The molecule has 0 saturated heterocycles. The number of nitrogens with zero attached hydrogens (tertiary/aromatic N) is 2. The average molecular weight is 198 g/mol. The fourth-order valence-corrected chi connectivity index (χ4v) is 1.93. The van der Waals surface area contributed by atoms with Gasteiger partial charge in [-0.05, 0) is 27.4 Å². The number of aryl methyl sites for hydroxylation is 1. The summed E-state index contributed by atoms with van der Waals surface area (Å²) in [5.74, 6) is 0. The van der Waals surface area contributed by atoms with E-state index < -0.39 is 0 Å². The first kappa shape index (κ1) is 10.3. The maximum absolute atomic E-state index is 10.4. The molecule has 1 aromatic rings. The Morgan fingerprint density at radius 2 is 2.23 bits per heavy atom. The molecule has 3 nitrogen and oxygen atoms in total. The molecule has 1 rings (SSSR count). The van der Waals surface area contributed by atoms with Crippen LogP contribution in [-0.2, 0) is 6.42 Å². The van der Waals surface area contributed by atoms with Crippen molar-refractivity contribution in [1.29, 1.82) is 0 Å². The van der Waals surface area contributed by atoms with Crippen molar-refractivity contribution in [2.75, 3.05) is 20.6 Å². The number of likely N-dealkylation sites (N-methyl/N-ethyl adjacent to an activating group) is 1. The summed E-state index contributed by atoms with van der Waals surface area (Å²) in [7, 11) is 4.08.